The van der Waals surface area contributed by atoms with Crippen LogP contribution in [0.5, 0.6) is 0 Å². The average Bonchev–Trinajstić information content (AvgIpc) is 2.77. The van der Waals surface area contributed by atoms with Gasteiger partial charge in [-0.25, -0.2) is 4.68 Å². The molecule has 0 aliphatic carbocycles. The van der Waals surface area contributed by atoms with Gasteiger partial charge in [0.05, 0.1) is 17.6 Å². The van der Waals surface area contributed by atoms with E-state index in [1.54, 1.807) is 11.7 Å². The highest BCUT2D eigenvalue weighted by molar-refractivity contribution is 5.62. The molecular formula is C12H21N5O3. The van der Waals surface area contributed by atoms with Crippen LogP contribution in [0.25, 0.3) is 0 Å². The van der Waals surface area contributed by atoms with E-state index in [4.69, 9.17) is 10.5 Å². The van der Waals surface area contributed by atoms with Crippen LogP contribution >= 0.6 is 0 Å². The van der Waals surface area contributed by atoms with Crippen molar-refractivity contribution in [3.05, 3.63) is 15.8 Å². The molecule has 0 radical (unpaired) electrons. The van der Waals surface area contributed by atoms with Gasteiger partial charge in [-0.3, -0.25) is 10.1 Å². The Kier molecular flexibility index (Phi) is 4.24. The zero-order valence-electron chi connectivity index (χ0n) is 12.1. The first-order valence-corrected chi connectivity index (χ1v) is 6.73. The number of aryl methyl sites for hydroxylation is 1. The molecule has 20 heavy (non-hydrogen) atoms. The maximum Gasteiger partial charge on any atom is 0.334 e. The third-order valence-electron chi connectivity index (χ3n) is 3.45. The number of morpholine rings is 1. The molecule has 0 amide bonds. The van der Waals surface area contributed by atoms with Crippen molar-refractivity contribution in [2.45, 2.75) is 25.9 Å². The van der Waals surface area contributed by atoms with Gasteiger partial charge in [-0.1, -0.05) is 13.8 Å². The molecule has 1 aromatic heterocycles. The largest absolute Gasteiger partial charge is 0.373 e. The third kappa shape index (κ3) is 2.61. The molecular weight excluding hydrogens is 262 g/mol. The van der Waals surface area contributed by atoms with Gasteiger partial charge in [-0.05, 0) is 0 Å². The molecule has 1 saturated heterocycles. The van der Waals surface area contributed by atoms with Crippen molar-refractivity contribution in [1.29, 1.82) is 0 Å². The number of anilines is 1. The second kappa shape index (κ2) is 5.76. The van der Waals surface area contributed by atoms with E-state index in [2.05, 4.69) is 5.10 Å². The number of nitrogens with two attached hydrogens (primary N) is 1. The molecule has 8 heteroatoms. The lowest BCUT2D eigenvalue weighted by molar-refractivity contribution is -0.385. The monoisotopic (exact) mass is 283 g/mol. The molecule has 1 unspecified atom stereocenters. The Hall–Kier alpha value is -1.67. The van der Waals surface area contributed by atoms with Gasteiger partial charge in [-0.15, -0.1) is 0 Å². The van der Waals surface area contributed by atoms with E-state index in [0.29, 0.717) is 37.8 Å². The molecule has 1 atom stereocenters. The fraction of sp³-hybridized carbons (Fsp3) is 0.750. The van der Waals surface area contributed by atoms with Crippen LogP contribution < -0.4 is 10.6 Å². The van der Waals surface area contributed by atoms with Crippen molar-refractivity contribution >= 4 is 11.5 Å². The Labute approximate surface area is 117 Å². The summed E-state index contributed by atoms with van der Waals surface area (Å²) in [5, 5.41) is 15.7. The molecule has 0 saturated carbocycles. The summed E-state index contributed by atoms with van der Waals surface area (Å²) in [7, 11) is 1.74. The maximum absolute atomic E-state index is 11.4. The molecule has 8 nitrogen and oxygen atoms in total. The van der Waals surface area contributed by atoms with Gasteiger partial charge in [-0.2, -0.15) is 5.10 Å². The Bertz CT molecular complexity index is 500. The highest BCUT2D eigenvalue weighted by atomic mass is 16.6. The molecule has 1 aliphatic heterocycles. The van der Waals surface area contributed by atoms with E-state index in [1.165, 1.54) is 0 Å². The number of rotatable bonds is 4. The fourth-order valence-electron chi connectivity index (χ4n) is 2.50. The second-order valence-corrected chi connectivity index (χ2v) is 5.27. The first kappa shape index (κ1) is 14.7. The molecule has 0 spiro atoms. The van der Waals surface area contributed by atoms with Crippen molar-refractivity contribution in [1.82, 2.24) is 9.78 Å². The van der Waals surface area contributed by atoms with Gasteiger partial charge in [0.25, 0.3) is 0 Å². The predicted octanol–water partition coefficient (Wildman–Crippen LogP) is 0.616. The predicted molar refractivity (Wildman–Crippen MR) is 75.0 cm³/mol. The van der Waals surface area contributed by atoms with Gasteiger partial charge in [0.15, 0.2) is 0 Å². The number of ether oxygens (including phenoxy) is 1. The summed E-state index contributed by atoms with van der Waals surface area (Å²) in [6.07, 6.45) is -0.0965. The summed E-state index contributed by atoms with van der Waals surface area (Å²) in [6.45, 7) is 5.88. The fourth-order valence-corrected chi connectivity index (χ4v) is 2.50. The summed E-state index contributed by atoms with van der Waals surface area (Å²) in [6, 6.07) is 0. The first-order chi connectivity index (χ1) is 9.45. The van der Waals surface area contributed by atoms with Crippen LogP contribution in [0.15, 0.2) is 0 Å². The van der Waals surface area contributed by atoms with E-state index in [1.807, 2.05) is 18.7 Å². The quantitative estimate of drug-likeness (QED) is 0.642. The smallest absolute Gasteiger partial charge is 0.334 e. The zero-order valence-corrected chi connectivity index (χ0v) is 12.1. The average molecular weight is 283 g/mol. The lowest BCUT2D eigenvalue weighted by atomic mass is 10.1. The number of hydrogen-bond acceptors (Lipinski definition) is 6. The Balaban J connectivity index is 2.42. The van der Waals surface area contributed by atoms with Crippen LogP contribution in [0.3, 0.4) is 0 Å². The van der Waals surface area contributed by atoms with Gasteiger partial charge in [0, 0.05) is 32.6 Å². The minimum Gasteiger partial charge on any atom is -0.373 e. The van der Waals surface area contributed by atoms with Crippen LogP contribution in [0.2, 0.25) is 0 Å². The van der Waals surface area contributed by atoms with Crippen LogP contribution in [0, 0.1) is 10.1 Å². The Morgan fingerprint density at radius 3 is 2.85 bits per heavy atom. The van der Waals surface area contributed by atoms with E-state index in [9.17, 15) is 10.1 Å². The molecule has 2 rings (SSSR count). The lowest BCUT2D eigenvalue weighted by Crippen LogP contribution is -2.46. The molecule has 1 fully saturated rings. The van der Waals surface area contributed by atoms with Gasteiger partial charge < -0.3 is 15.4 Å². The zero-order chi connectivity index (χ0) is 14.9. The summed E-state index contributed by atoms with van der Waals surface area (Å²) in [5.74, 6) is 0.544. The molecule has 112 valence electrons. The lowest BCUT2D eigenvalue weighted by Gasteiger charge is -2.33. The molecule has 0 aromatic carbocycles. The topological polar surface area (TPSA) is 99.5 Å². The third-order valence-corrected chi connectivity index (χ3v) is 3.45. The number of aromatic nitrogens is 2. The van der Waals surface area contributed by atoms with E-state index < -0.39 is 0 Å². The molecule has 1 aliphatic rings. The van der Waals surface area contributed by atoms with Crippen molar-refractivity contribution in [3.8, 4) is 0 Å². The minimum absolute atomic E-state index is 0.00157. The number of hydrogen-bond donors (Lipinski definition) is 1. The van der Waals surface area contributed by atoms with Crippen LogP contribution in [-0.4, -0.2) is 47.0 Å². The number of nitrogens with zero attached hydrogens (tertiary/aromatic N) is 4. The summed E-state index contributed by atoms with van der Waals surface area (Å²) < 4.78 is 7.10. The highest BCUT2D eigenvalue weighted by Crippen LogP contribution is 2.35. The van der Waals surface area contributed by atoms with Crippen LogP contribution in [0.1, 0.15) is 25.5 Å². The van der Waals surface area contributed by atoms with Crippen LogP contribution in [-0.2, 0) is 11.8 Å². The van der Waals surface area contributed by atoms with Gasteiger partial charge in [0.1, 0.15) is 5.69 Å². The van der Waals surface area contributed by atoms with Gasteiger partial charge in [0.2, 0.25) is 5.82 Å². The standard InChI is InChI=1S/C12H21N5O3/c1-8(2)10-11(17(18)19)12(15(3)14-10)16-4-5-20-9(6-13)7-16/h8-9H,4-7,13H2,1-3H3. The summed E-state index contributed by atoms with van der Waals surface area (Å²) >= 11 is 0. The SMILES string of the molecule is CC(C)c1nn(C)c(N2CCOC(CN)C2)c1[N+](=O)[O-]. The minimum atomic E-state index is -0.343. The highest BCUT2D eigenvalue weighted by Gasteiger charge is 2.33. The normalized spacial score (nSPS) is 19.6. The van der Waals surface area contributed by atoms with Crippen molar-refractivity contribution in [3.63, 3.8) is 0 Å². The maximum atomic E-state index is 11.4. The molecule has 2 N–H and O–H groups in total. The second-order valence-electron chi connectivity index (χ2n) is 5.27. The first-order valence-electron chi connectivity index (χ1n) is 6.73. The van der Waals surface area contributed by atoms with Gasteiger partial charge >= 0.3 is 5.69 Å². The van der Waals surface area contributed by atoms with Crippen molar-refractivity contribution in [2.75, 3.05) is 31.1 Å². The number of nitro groups is 1. The van der Waals surface area contributed by atoms with E-state index in [-0.39, 0.29) is 22.6 Å². The van der Waals surface area contributed by atoms with E-state index in [0.717, 1.165) is 0 Å². The molecule has 1 aromatic rings. The molecule has 0 bridgehead atoms. The summed E-state index contributed by atoms with van der Waals surface area (Å²) in [5.41, 5.74) is 6.24. The summed E-state index contributed by atoms with van der Waals surface area (Å²) in [4.78, 5) is 13.0. The Morgan fingerprint density at radius 2 is 2.30 bits per heavy atom. The van der Waals surface area contributed by atoms with E-state index >= 15 is 0 Å². The van der Waals surface area contributed by atoms with Crippen LogP contribution in [0.4, 0.5) is 11.5 Å². The van der Waals surface area contributed by atoms with Crippen molar-refractivity contribution in [2.24, 2.45) is 12.8 Å². The Morgan fingerprint density at radius 1 is 1.60 bits per heavy atom. The van der Waals surface area contributed by atoms with Crippen molar-refractivity contribution < 1.29 is 9.66 Å². The molecule has 2 heterocycles.